The van der Waals surface area contributed by atoms with E-state index in [2.05, 4.69) is 25.5 Å². The molecule has 0 aliphatic rings. The average Bonchev–Trinajstić information content (AvgIpc) is 3.26. The highest BCUT2D eigenvalue weighted by atomic mass is 35.5. The van der Waals surface area contributed by atoms with E-state index in [-0.39, 0.29) is 24.0 Å². The van der Waals surface area contributed by atoms with Crippen LogP contribution in [0.15, 0.2) is 41.3 Å². The molecular formula is C18H16ClN7O3. The van der Waals surface area contributed by atoms with Crippen LogP contribution in [-0.2, 0) is 9.53 Å². The molecule has 2 N–H and O–H groups in total. The van der Waals surface area contributed by atoms with Gasteiger partial charge in [-0.05, 0) is 31.2 Å². The van der Waals surface area contributed by atoms with Crippen molar-refractivity contribution in [1.29, 1.82) is 0 Å². The number of fused-ring (bicyclic) bond motifs is 1. The first-order valence-electron chi connectivity index (χ1n) is 8.56. The van der Waals surface area contributed by atoms with Crippen LogP contribution in [0.1, 0.15) is 5.69 Å². The van der Waals surface area contributed by atoms with Crippen LogP contribution < -0.4 is 10.9 Å². The van der Waals surface area contributed by atoms with Gasteiger partial charge in [0.05, 0.1) is 17.6 Å². The fourth-order valence-corrected chi connectivity index (χ4v) is 2.96. The second kappa shape index (κ2) is 7.49. The zero-order chi connectivity index (χ0) is 20.5. The van der Waals surface area contributed by atoms with Gasteiger partial charge in [-0.2, -0.15) is 19.9 Å². The Balaban J connectivity index is 1.84. The van der Waals surface area contributed by atoms with Gasteiger partial charge in [-0.1, -0.05) is 11.6 Å². The number of hydrogen-bond donors (Lipinski definition) is 2. The van der Waals surface area contributed by atoms with Crippen molar-refractivity contribution >= 4 is 34.4 Å². The lowest BCUT2D eigenvalue weighted by molar-refractivity contribution is -0.119. The van der Waals surface area contributed by atoms with Gasteiger partial charge in [-0.25, -0.2) is 4.68 Å². The zero-order valence-electron chi connectivity index (χ0n) is 15.5. The van der Waals surface area contributed by atoms with Gasteiger partial charge in [0.2, 0.25) is 5.95 Å². The maximum absolute atomic E-state index is 12.6. The Kier molecular flexibility index (Phi) is 4.87. The molecule has 0 saturated heterocycles. The van der Waals surface area contributed by atoms with Crippen molar-refractivity contribution in [2.45, 2.75) is 6.92 Å². The van der Waals surface area contributed by atoms with E-state index in [1.807, 2.05) is 0 Å². The number of aryl methyl sites for hydroxylation is 1. The summed E-state index contributed by atoms with van der Waals surface area (Å²) >= 11 is 5.95. The molecule has 0 radical (unpaired) electrons. The van der Waals surface area contributed by atoms with E-state index in [0.29, 0.717) is 33.3 Å². The molecule has 148 valence electrons. The minimum absolute atomic E-state index is 0.115. The zero-order valence-corrected chi connectivity index (χ0v) is 16.3. The van der Waals surface area contributed by atoms with Crippen LogP contribution in [0.3, 0.4) is 0 Å². The first-order valence-corrected chi connectivity index (χ1v) is 8.94. The van der Waals surface area contributed by atoms with Crippen LogP contribution in [0.5, 0.6) is 0 Å². The lowest BCUT2D eigenvalue weighted by Gasteiger charge is -2.08. The highest BCUT2D eigenvalue weighted by molar-refractivity contribution is 6.30. The lowest BCUT2D eigenvalue weighted by atomic mass is 10.3. The van der Waals surface area contributed by atoms with Gasteiger partial charge < -0.3 is 10.1 Å². The number of anilines is 1. The number of nitrogens with zero attached hydrogens (tertiary/aromatic N) is 5. The summed E-state index contributed by atoms with van der Waals surface area (Å²) < 4.78 is 7.71. The maximum Gasteiger partial charge on any atom is 0.263 e. The van der Waals surface area contributed by atoms with Gasteiger partial charge in [-0.3, -0.25) is 14.6 Å². The Labute approximate surface area is 169 Å². The van der Waals surface area contributed by atoms with Crippen LogP contribution in [0.25, 0.3) is 22.7 Å². The van der Waals surface area contributed by atoms with Gasteiger partial charge in [0, 0.05) is 18.2 Å². The van der Waals surface area contributed by atoms with Gasteiger partial charge >= 0.3 is 0 Å². The molecular weight excluding hydrogens is 398 g/mol. The van der Waals surface area contributed by atoms with Gasteiger partial charge in [-0.15, -0.1) is 0 Å². The molecule has 0 fully saturated rings. The molecule has 4 rings (SSSR count). The Morgan fingerprint density at radius 1 is 1.28 bits per heavy atom. The number of methoxy groups -OCH3 is 1. The number of H-pyrrole nitrogens is 1. The van der Waals surface area contributed by atoms with E-state index >= 15 is 0 Å². The van der Waals surface area contributed by atoms with Crippen LogP contribution in [-0.4, -0.2) is 49.2 Å². The second-order valence-corrected chi connectivity index (χ2v) is 6.66. The highest BCUT2D eigenvalue weighted by Gasteiger charge is 2.16. The molecule has 0 aliphatic carbocycles. The summed E-state index contributed by atoms with van der Waals surface area (Å²) in [5.74, 6) is 0.131. The van der Waals surface area contributed by atoms with E-state index in [0.717, 1.165) is 0 Å². The molecule has 0 unspecified atom stereocenters. The second-order valence-electron chi connectivity index (χ2n) is 6.22. The number of benzene rings is 1. The van der Waals surface area contributed by atoms with Crippen molar-refractivity contribution in [2.24, 2.45) is 0 Å². The summed E-state index contributed by atoms with van der Waals surface area (Å²) in [6, 6.07) is 8.64. The van der Waals surface area contributed by atoms with Crippen molar-refractivity contribution < 1.29 is 9.53 Å². The van der Waals surface area contributed by atoms with Crippen LogP contribution in [0.2, 0.25) is 5.02 Å². The first-order chi connectivity index (χ1) is 14.0. The summed E-state index contributed by atoms with van der Waals surface area (Å²) in [5.41, 5.74) is 1.28. The standard InChI is InChI=1S/C18H16ClN7O3/c1-10-7-14(21-15(27)9-29-2)26(24-10)18-22-16-13(17(28)23-18)8-20-25(16)12-5-3-11(19)4-6-12/h3-8H,9H2,1-2H3,(H,21,27)(H,22,23,28). The summed E-state index contributed by atoms with van der Waals surface area (Å²) in [4.78, 5) is 31.7. The Bertz CT molecular complexity index is 1260. The number of carbonyl (C=O) groups is 1. The number of carbonyl (C=O) groups excluding carboxylic acids is 1. The third-order valence-corrected chi connectivity index (χ3v) is 4.32. The van der Waals surface area contributed by atoms with E-state index < -0.39 is 0 Å². The van der Waals surface area contributed by atoms with Crippen LogP contribution >= 0.6 is 11.6 Å². The number of amides is 1. The highest BCUT2D eigenvalue weighted by Crippen LogP contribution is 2.19. The first kappa shape index (κ1) is 18.8. The monoisotopic (exact) mass is 413 g/mol. The Hall–Kier alpha value is -3.50. The SMILES string of the molecule is COCC(=O)Nc1cc(C)nn1-c1nc2c(cnn2-c2ccc(Cl)cc2)c(=O)[nH]1. The van der Waals surface area contributed by atoms with Gasteiger partial charge in [0.25, 0.3) is 11.5 Å². The average molecular weight is 414 g/mol. The molecule has 3 aromatic heterocycles. The molecule has 1 aromatic carbocycles. The molecule has 4 aromatic rings. The van der Waals surface area contributed by atoms with Crippen molar-refractivity contribution in [3.63, 3.8) is 0 Å². The number of ether oxygens (including phenoxy) is 1. The van der Waals surface area contributed by atoms with Crippen LogP contribution in [0, 0.1) is 6.92 Å². The van der Waals surface area contributed by atoms with E-state index in [9.17, 15) is 9.59 Å². The minimum Gasteiger partial charge on any atom is -0.375 e. The summed E-state index contributed by atoms with van der Waals surface area (Å²) in [6.07, 6.45) is 1.44. The molecule has 10 nitrogen and oxygen atoms in total. The number of rotatable bonds is 5. The summed E-state index contributed by atoms with van der Waals surface area (Å²) in [7, 11) is 1.42. The van der Waals surface area contributed by atoms with Gasteiger partial charge in [0.15, 0.2) is 5.65 Å². The number of aromatic amines is 1. The van der Waals surface area contributed by atoms with E-state index in [1.165, 1.54) is 22.7 Å². The number of hydrogen-bond acceptors (Lipinski definition) is 6. The number of halogens is 1. The topological polar surface area (TPSA) is 120 Å². The summed E-state index contributed by atoms with van der Waals surface area (Å²) in [5, 5.41) is 12.2. The summed E-state index contributed by atoms with van der Waals surface area (Å²) in [6.45, 7) is 1.65. The molecule has 1 amide bonds. The number of aromatic nitrogens is 6. The predicted octanol–water partition coefficient (Wildman–Crippen LogP) is 1.84. The number of nitrogens with one attached hydrogen (secondary N) is 2. The fourth-order valence-electron chi connectivity index (χ4n) is 2.84. The quantitative estimate of drug-likeness (QED) is 0.515. The van der Waals surface area contributed by atoms with E-state index in [4.69, 9.17) is 16.3 Å². The Morgan fingerprint density at radius 2 is 2.03 bits per heavy atom. The Morgan fingerprint density at radius 3 is 2.76 bits per heavy atom. The molecule has 29 heavy (non-hydrogen) atoms. The molecule has 0 aliphatic heterocycles. The maximum atomic E-state index is 12.6. The fraction of sp³-hybridized carbons (Fsp3) is 0.167. The van der Waals surface area contributed by atoms with Gasteiger partial charge in [0.1, 0.15) is 17.8 Å². The lowest BCUT2D eigenvalue weighted by Crippen LogP contribution is -2.21. The molecule has 0 saturated carbocycles. The third kappa shape index (κ3) is 3.62. The molecule has 0 atom stereocenters. The van der Waals surface area contributed by atoms with Crippen molar-refractivity contribution in [2.75, 3.05) is 19.0 Å². The van der Waals surface area contributed by atoms with Crippen molar-refractivity contribution in [3.05, 3.63) is 57.6 Å². The van der Waals surface area contributed by atoms with Crippen LogP contribution in [0.4, 0.5) is 5.82 Å². The molecule has 11 heteroatoms. The third-order valence-electron chi connectivity index (χ3n) is 4.07. The van der Waals surface area contributed by atoms with Crippen molar-refractivity contribution in [3.8, 4) is 11.6 Å². The largest absolute Gasteiger partial charge is 0.375 e. The normalized spacial score (nSPS) is 11.1. The molecule has 0 bridgehead atoms. The van der Waals surface area contributed by atoms with Crippen molar-refractivity contribution in [1.82, 2.24) is 29.5 Å². The van der Waals surface area contributed by atoms with E-state index in [1.54, 1.807) is 37.3 Å². The smallest absolute Gasteiger partial charge is 0.263 e. The minimum atomic E-state index is -0.382. The molecule has 3 heterocycles. The molecule has 0 spiro atoms. The predicted molar refractivity (Wildman–Crippen MR) is 107 cm³/mol.